The minimum atomic E-state index is -0.522. The van der Waals surface area contributed by atoms with Gasteiger partial charge in [-0.25, -0.2) is 13.8 Å². The zero-order valence-electron chi connectivity index (χ0n) is 12.2. The van der Waals surface area contributed by atoms with Crippen LogP contribution in [0.15, 0.2) is 36.5 Å². The molecule has 23 heavy (non-hydrogen) atoms. The highest BCUT2D eigenvalue weighted by Gasteiger charge is 2.41. The number of carbonyl (C=O) groups excluding carboxylic acids is 1. The minimum absolute atomic E-state index is 0.0646. The number of carbonyl (C=O) groups is 1. The van der Waals surface area contributed by atoms with E-state index in [9.17, 15) is 13.6 Å². The highest BCUT2D eigenvalue weighted by Crippen LogP contribution is 2.48. The van der Waals surface area contributed by atoms with Crippen LogP contribution in [0.3, 0.4) is 0 Å². The lowest BCUT2D eigenvalue weighted by molar-refractivity contribution is -0.120. The van der Waals surface area contributed by atoms with Gasteiger partial charge in [-0.05, 0) is 42.0 Å². The lowest BCUT2D eigenvalue weighted by atomic mass is 10.1. The Kier molecular flexibility index (Phi) is 4.57. The second-order valence-electron chi connectivity index (χ2n) is 5.67. The molecule has 6 heteroatoms. The number of nitrogens with zero attached hydrogens (tertiary/aromatic N) is 1. The van der Waals surface area contributed by atoms with Gasteiger partial charge in [-0.3, -0.25) is 4.79 Å². The third-order valence-corrected chi connectivity index (χ3v) is 4.38. The van der Waals surface area contributed by atoms with Gasteiger partial charge < -0.3 is 5.32 Å². The van der Waals surface area contributed by atoms with E-state index in [2.05, 4.69) is 10.3 Å². The fraction of sp³-hybridized carbons (Fsp3) is 0.294. The van der Waals surface area contributed by atoms with Crippen LogP contribution in [0, 0.1) is 17.6 Å². The fourth-order valence-electron chi connectivity index (χ4n) is 2.72. The summed E-state index contributed by atoms with van der Waals surface area (Å²) in [5.41, 5.74) is 0.779. The lowest BCUT2D eigenvalue weighted by Crippen LogP contribution is -2.27. The topological polar surface area (TPSA) is 42.0 Å². The number of nitrogens with one attached hydrogen (secondary N) is 1. The summed E-state index contributed by atoms with van der Waals surface area (Å²) in [5.74, 6) is -1.33. The average molecular weight is 337 g/mol. The number of amides is 1. The van der Waals surface area contributed by atoms with Gasteiger partial charge in [0, 0.05) is 18.3 Å². The summed E-state index contributed by atoms with van der Waals surface area (Å²) >= 11 is 5.91. The van der Waals surface area contributed by atoms with Gasteiger partial charge in [-0.15, -0.1) is 0 Å². The van der Waals surface area contributed by atoms with Gasteiger partial charge in [0.05, 0.1) is 6.42 Å². The zero-order chi connectivity index (χ0) is 16.4. The largest absolute Gasteiger partial charge is 0.356 e. The van der Waals surface area contributed by atoms with Crippen molar-refractivity contribution in [3.8, 4) is 0 Å². The summed E-state index contributed by atoms with van der Waals surface area (Å²) in [6.07, 6.45) is 2.37. The van der Waals surface area contributed by atoms with Crippen LogP contribution in [0.2, 0.25) is 5.15 Å². The summed E-state index contributed by atoms with van der Waals surface area (Å²) in [4.78, 5) is 15.8. The molecule has 0 aliphatic heterocycles. The summed E-state index contributed by atoms with van der Waals surface area (Å²) in [6.45, 7) is 0.398. The number of hydrogen-bond donors (Lipinski definition) is 1. The van der Waals surface area contributed by atoms with Crippen LogP contribution in [0.4, 0.5) is 8.78 Å². The number of aromatic nitrogens is 1. The predicted octanol–water partition coefficient (Wildman–Crippen LogP) is 3.48. The Morgan fingerprint density at radius 1 is 1.26 bits per heavy atom. The molecule has 1 aliphatic carbocycles. The molecule has 1 aliphatic rings. The van der Waals surface area contributed by atoms with Crippen LogP contribution in [-0.4, -0.2) is 17.4 Å². The van der Waals surface area contributed by atoms with E-state index in [-0.39, 0.29) is 29.7 Å². The number of hydrogen-bond acceptors (Lipinski definition) is 2. The van der Waals surface area contributed by atoms with Crippen LogP contribution >= 0.6 is 11.6 Å². The van der Waals surface area contributed by atoms with Gasteiger partial charge >= 0.3 is 0 Å². The first-order chi connectivity index (χ1) is 11.1. The minimum Gasteiger partial charge on any atom is -0.356 e. The molecule has 0 unspecified atom stereocenters. The van der Waals surface area contributed by atoms with E-state index in [4.69, 9.17) is 11.6 Å². The maximum absolute atomic E-state index is 13.7. The van der Waals surface area contributed by atoms with Crippen molar-refractivity contribution < 1.29 is 13.6 Å². The SMILES string of the molecule is O=C(Cc1cccnc1Cl)NC[C@@H]1C[C@H]1c1c(F)cccc1F. The van der Waals surface area contributed by atoms with Crippen LogP contribution in [0.25, 0.3) is 0 Å². The molecule has 0 bridgehead atoms. The van der Waals surface area contributed by atoms with Crippen molar-refractivity contribution in [3.05, 3.63) is 64.4 Å². The molecule has 2 atom stereocenters. The fourth-order valence-corrected chi connectivity index (χ4v) is 2.91. The molecule has 1 saturated carbocycles. The molecule has 1 fully saturated rings. The Morgan fingerprint density at radius 2 is 2.00 bits per heavy atom. The molecule has 3 nitrogen and oxygen atoms in total. The van der Waals surface area contributed by atoms with E-state index < -0.39 is 11.6 Å². The number of halogens is 3. The Labute approximate surface area is 137 Å². The maximum Gasteiger partial charge on any atom is 0.224 e. The van der Waals surface area contributed by atoms with E-state index in [1.165, 1.54) is 18.2 Å². The molecule has 0 spiro atoms. The lowest BCUT2D eigenvalue weighted by Gasteiger charge is -2.07. The van der Waals surface area contributed by atoms with E-state index in [0.29, 0.717) is 23.7 Å². The van der Waals surface area contributed by atoms with E-state index in [1.807, 2.05) is 0 Å². The summed E-state index contributed by atoms with van der Waals surface area (Å²) in [7, 11) is 0. The molecule has 3 rings (SSSR count). The quantitative estimate of drug-likeness (QED) is 0.849. The van der Waals surface area contributed by atoms with Crippen LogP contribution in [0.1, 0.15) is 23.5 Å². The molecule has 1 heterocycles. The molecule has 1 aromatic carbocycles. The Bertz CT molecular complexity index is 718. The van der Waals surface area contributed by atoms with Crippen molar-refractivity contribution in [1.82, 2.24) is 10.3 Å². The molecule has 1 amide bonds. The van der Waals surface area contributed by atoms with Crippen molar-refractivity contribution in [2.75, 3.05) is 6.54 Å². The highest BCUT2D eigenvalue weighted by atomic mass is 35.5. The third-order valence-electron chi connectivity index (χ3n) is 4.04. The van der Waals surface area contributed by atoms with E-state index >= 15 is 0 Å². The third kappa shape index (κ3) is 3.67. The van der Waals surface area contributed by atoms with Gasteiger partial charge in [0.2, 0.25) is 5.91 Å². The second-order valence-corrected chi connectivity index (χ2v) is 6.03. The Balaban J connectivity index is 1.53. The second kappa shape index (κ2) is 6.62. The van der Waals surface area contributed by atoms with Crippen molar-refractivity contribution in [1.29, 1.82) is 0 Å². The van der Waals surface area contributed by atoms with Crippen molar-refractivity contribution >= 4 is 17.5 Å². The smallest absolute Gasteiger partial charge is 0.224 e. The predicted molar refractivity (Wildman–Crippen MR) is 83.2 cm³/mol. The standard InChI is InChI=1S/C17H15ClF2N2O/c18-17-10(3-2-6-21-17)8-15(23)22-9-11-7-12(11)16-13(19)4-1-5-14(16)20/h1-6,11-12H,7-9H2,(H,22,23)/t11-,12+/m0/s1. The maximum atomic E-state index is 13.7. The molecule has 1 N–H and O–H groups in total. The van der Waals surface area contributed by atoms with Crippen molar-refractivity contribution in [3.63, 3.8) is 0 Å². The van der Waals surface area contributed by atoms with Gasteiger partial charge in [-0.1, -0.05) is 23.7 Å². The monoisotopic (exact) mass is 336 g/mol. The zero-order valence-corrected chi connectivity index (χ0v) is 13.0. The van der Waals surface area contributed by atoms with E-state index in [0.717, 1.165) is 0 Å². The molecular weight excluding hydrogens is 322 g/mol. The molecule has 120 valence electrons. The number of benzene rings is 1. The molecule has 0 saturated heterocycles. The van der Waals surface area contributed by atoms with Crippen LogP contribution in [0.5, 0.6) is 0 Å². The summed E-state index contributed by atoms with van der Waals surface area (Å²) in [6, 6.07) is 7.33. The first kappa shape index (κ1) is 15.9. The van der Waals surface area contributed by atoms with Gasteiger partial charge in [-0.2, -0.15) is 0 Å². The Hall–Kier alpha value is -2.01. The molecule has 0 radical (unpaired) electrons. The molecule has 2 aromatic rings. The number of rotatable bonds is 5. The van der Waals surface area contributed by atoms with Crippen LogP contribution < -0.4 is 5.32 Å². The normalized spacial score (nSPS) is 19.4. The summed E-state index contributed by atoms with van der Waals surface area (Å²) < 4.78 is 27.4. The van der Waals surface area contributed by atoms with Crippen LogP contribution in [-0.2, 0) is 11.2 Å². The van der Waals surface area contributed by atoms with Crippen molar-refractivity contribution in [2.24, 2.45) is 5.92 Å². The highest BCUT2D eigenvalue weighted by molar-refractivity contribution is 6.30. The summed E-state index contributed by atoms with van der Waals surface area (Å²) in [5, 5.41) is 3.09. The molecular formula is C17H15ClF2N2O. The van der Waals surface area contributed by atoms with E-state index in [1.54, 1.807) is 18.3 Å². The number of pyridine rings is 1. The first-order valence-corrected chi connectivity index (χ1v) is 7.74. The van der Waals surface area contributed by atoms with Gasteiger partial charge in [0.15, 0.2) is 0 Å². The van der Waals surface area contributed by atoms with Gasteiger partial charge in [0.25, 0.3) is 0 Å². The Morgan fingerprint density at radius 3 is 2.70 bits per heavy atom. The average Bonchev–Trinajstić information content (AvgIpc) is 3.27. The van der Waals surface area contributed by atoms with Crippen molar-refractivity contribution in [2.45, 2.75) is 18.8 Å². The first-order valence-electron chi connectivity index (χ1n) is 7.36. The molecule has 1 aromatic heterocycles. The van der Waals surface area contributed by atoms with Gasteiger partial charge in [0.1, 0.15) is 16.8 Å².